The van der Waals surface area contributed by atoms with Gasteiger partial charge in [-0.25, -0.2) is 0 Å². The molecule has 0 aliphatic carbocycles. The van der Waals surface area contributed by atoms with Crippen molar-refractivity contribution < 1.29 is 9.59 Å². The van der Waals surface area contributed by atoms with Gasteiger partial charge in [-0.15, -0.1) is 0 Å². The van der Waals surface area contributed by atoms with Crippen LogP contribution in [0.25, 0.3) is 0 Å². The van der Waals surface area contributed by atoms with Gasteiger partial charge in [0.25, 0.3) is 5.91 Å². The highest BCUT2D eigenvalue weighted by atomic mass is 35.5. The predicted molar refractivity (Wildman–Crippen MR) is 113 cm³/mol. The summed E-state index contributed by atoms with van der Waals surface area (Å²) in [4.78, 5) is 28.8. The third-order valence-corrected chi connectivity index (χ3v) is 5.38. The van der Waals surface area contributed by atoms with Gasteiger partial charge < -0.3 is 15.1 Å². The Morgan fingerprint density at radius 3 is 2.36 bits per heavy atom. The van der Waals surface area contributed by atoms with Crippen LogP contribution < -0.4 is 5.32 Å². The largest absolute Gasteiger partial charge is 0.336 e. The molecule has 1 heterocycles. The molecule has 0 atom stereocenters. The number of halogens is 1. The van der Waals surface area contributed by atoms with Gasteiger partial charge >= 0.3 is 0 Å². The van der Waals surface area contributed by atoms with Gasteiger partial charge in [0, 0.05) is 48.9 Å². The molecule has 2 aromatic carbocycles. The monoisotopic (exact) mass is 399 g/mol. The van der Waals surface area contributed by atoms with Gasteiger partial charge in [0.2, 0.25) is 5.91 Å². The molecule has 0 radical (unpaired) electrons. The third-order valence-electron chi connectivity index (χ3n) is 5.01. The second-order valence-electron chi connectivity index (χ2n) is 7.17. The summed E-state index contributed by atoms with van der Waals surface area (Å²) in [5.41, 5.74) is 2.42. The number of amides is 2. The molecule has 6 heteroatoms. The summed E-state index contributed by atoms with van der Waals surface area (Å²) in [6, 6.07) is 14.8. The molecule has 3 rings (SSSR count). The maximum Gasteiger partial charge on any atom is 0.253 e. The van der Waals surface area contributed by atoms with Crippen LogP contribution in [0.3, 0.4) is 0 Å². The SMILES string of the molecule is CN1CCN(C(=O)c2ccc(NC(=O)CCCc3ccccc3Cl)cc2)CC1. The fourth-order valence-electron chi connectivity index (χ4n) is 3.25. The minimum absolute atomic E-state index is 0.0369. The van der Waals surface area contributed by atoms with E-state index in [4.69, 9.17) is 11.6 Å². The zero-order valence-corrected chi connectivity index (χ0v) is 16.9. The van der Waals surface area contributed by atoms with E-state index in [9.17, 15) is 9.59 Å². The Morgan fingerprint density at radius 1 is 1.00 bits per heavy atom. The molecule has 0 aromatic heterocycles. The molecule has 5 nitrogen and oxygen atoms in total. The van der Waals surface area contributed by atoms with Crippen LogP contribution in [0.5, 0.6) is 0 Å². The first-order chi connectivity index (χ1) is 13.5. The molecule has 148 valence electrons. The van der Waals surface area contributed by atoms with Crippen LogP contribution in [0.2, 0.25) is 5.02 Å². The van der Waals surface area contributed by atoms with Gasteiger partial charge in [-0.1, -0.05) is 29.8 Å². The normalized spacial score (nSPS) is 14.7. The number of likely N-dealkylation sites (N-methyl/N-ethyl adjacent to an activating group) is 1. The molecule has 1 N–H and O–H groups in total. The van der Waals surface area contributed by atoms with Crippen molar-refractivity contribution in [3.63, 3.8) is 0 Å². The Labute approximate surface area is 171 Å². The number of aryl methyl sites for hydroxylation is 1. The summed E-state index contributed by atoms with van der Waals surface area (Å²) in [5.74, 6) is 0.0101. The topological polar surface area (TPSA) is 52.6 Å². The first-order valence-corrected chi connectivity index (χ1v) is 10.0. The van der Waals surface area contributed by atoms with Gasteiger partial charge in [-0.05, 0) is 55.8 Å². The van der Waals surface area contributed by atoms with Gasteiger partial charge in [0.1, 0.15) is 0 Å². The van der Waals surface area contributed by atoms with E-state index in [1.165, 1.54) is 0 Å². The van der Waals surface area contributed by atoms with E-state index in [-0.39, 0.29) is 11.8 Å². The summed E-state index contributed by atoms with van der Waals surface area (Å²) in [7, 11) is 2.06. The molecule has 2 amide bonds. The average molecular weight is 400 g/mol. The number of nitrogens with zero attached hydrogens (tertiary/aromatic N) is 2. The number of carbonyl (C=O) groups excluding carboxylic acids is 2. The molecule has 0 saturated carbocycles. The zero-order valence-electron chi connectivity index (χ0n) is 16.2. The highest BCUT2D eigenvalue weighted by Gasteiger charge is 2.20. The van der Waals surface area contributed by atoms with Crippen molar-refractivity contribution in [3.05, 3.63) is 64.7 Å². The van der Waals surface area contributed by atoms with Crippen LogP contribution in [0.1, 0.15) is 28.8 Å². The second kappa shape index (κ2) is 9.71. The van der Waals surface area contributed by atoms with E-state index in [1.54, 1.807) is 24.3 Å². The van der Waals surface area contributed by atoms with Gasteiger partial charge in [-0.2, -0.15) is 0 Å². The summed E-state index contributed by atoms with van der Waals surface area (Å²) < 4.78 is 0. The van der Waals surface area contributed by atoms with Crippen molar-refractivity contribution in [2.24, 2.45) is 0 Å². The number of carbonyl (C=O) groups is 2. The Bertz CT molecular complexity index is 815. The smallest absolute Gasteiger partial charge is 0.253 e. The van der Waals surface area contributed by atoms with Crippen molar-refractivity contribution in [1.82, 2.24) is 9.80 Å². The number of rotatable bonds is 6. The fraction of sp³-hybridized carbons (Fsp3) is 0.364. The van der Waals surface area contributed by atoms with Gasteiger partial charge in [0.05, 0.1) is 0 Å². The zero-order chi connectivity index (χ0) is 19.9. The predicted octanol–water partition coefficient (Wildman–Crippen LogP) is 3.69. The highest BCUT2D eigenvalue weighted by molar-refractivity contribution is 6.31. The second-order valence-corrected chi connectivity index (χ2v) is 7.57. The van der Waals surface area contributed by atoms with Crippen LogP contribution in [-0.4, -0.2) is 54.8 Å². The first-order valence-electron chi connectivity index (χ1n) is 9.64. The van der Waals surface area contributed by atoms with Crippen LogP contribution >= 0.6 is 11.6 Å². The molecule has 28 heavy (non-hydrogen) atoms. The van der Waals surface area contributed by atoms with Crippen LogP contribution in [0, 0.1) is 0 Å². The van der Waals surface area contributed by atoms with Gasteiger partial charge in [-0.3, -0.25) is 9.59 Å². The number of piperazine rings is 1. The fourth-order valence-corrected chi connectivity index (χ4v) is 3.48. The molecule has 1 aliphatic rings. The number of benzene rings is 2. The number of nitrogens with one attached hydrogen (secondary N) is 1. The van der Waals surface area contributed by atoms with E-state index >= 15 is 0 Å². The van der Waals surface area contributed by atoms with E-state index in [0.29, 0.717) is 17.7 Å². The lowest BCUT2D eigenvalue weighted by Gasteiger charge is -2.32. The quantitative estimate of drug-likeness (QED) is 0.806. The first kappa shape index (κ1) is 20.4. The summed E-state index contributed by atoms with van der Waals surface area (Å²) in [6.07, 6.45) is 1.92. The van der Waals surface area contributed by atoms with E-state index < -0.39 is 0 Å². The van der Waals surface area contributed by atoms with Crippen molar-refractivity contribution in [2.45, 2.75) is 19.3 Å². The maximum absolute atomic E-state index is 12.6. The van der Waals surface area contributed by atoms with Crippen molar-refractivity contribution in [2.75, 3.05) is 38.5 Å². The Morgan fingerprint density at radius 2 is 1.68 bits per heavy atom. The van der Waals surface area contributed by atoms with Crippen molar-refractivity contribution >= 4 is 29.1 Å². The standard InChI is InChI=1S/C22H26ClN3O2/c1-25-13-15-26(16-14-25)22(28)18-9-11-19(12-10-18)24-21(27)8-4-6-17-5-2-3-7-20(17)23/h2-3,5,7,9-12H,4,6,8,13-16H2,1H3,(H,24,27). The van der Waals surface area contributed by atoms with Crippen LogP contribution in [0.15, 0.2) is 48.5 Å². The number of hydrogen-bond donors (Lipinski definition) is 1. The van der Waals surface area contributed by atoms with Gasteiger partial charge in [0.15, 0.2) is 0 Å². The van der Waals surface area contributed by atoms with E-state index in [0.717, 1.165) is 49.6 Å². The molecule has 0 bridgehead atoms. The molecule has 0 spiro atoms. The van der Waals surface area contributed by atoms with E-state index in [2.05, 4.69) is 17.3 Å². The Kier molecular flexibility index (Phi) is 7.06. The molecule has 2 aromatic rings. The lowest BCUT2D eigenvalue weighted by molar-refractivity contribution is -0.116. The minimum atomic E-state index is -0.0369. The minimum Gasteiger partial charge on any atom is -0.336 e. The lowest BCUT2D eigenvalue weighted by Crippen LogP contribution is -2.47. The molecule has 1 aliphatic heterocycles. The number of anilines is 1. The third kappa shape index (κ3) is 5.57. The maximum atomic E-state index is 12.6. The summed E-state index contributed by atoms with van der Waals surface area (Å²) in [6.45, 7) is 3.29. The molecule has 0 unspecified atom stereocenters. The van der Waals surface area contributed by atoms with E-state index in [1.807, 2.05) is 29.2 Å². The summed E-state index contributed by atoms with van der Waals surface area (Å²) in [5, 5.41) is 3.63. The van der Waals surface area contributed by atoms with Crippen molar-refractivity contribution in [3.8, 4) is 0 Å². The molecular weight excluding hydrogens is 374 g/mol. The molecule has 1 saturated heterocycles. The molecular formula is C22H26ClN3O2. The molecule has 1 fully saturated rings. The van der Waals surface area contributed by atoms with Crippen molar-refractivity contribution in [1.29, 1.82) is 0 Å². The Hall–Kier alpha value is -2.37. The lowest BCUT2D eigenvalue weighted by atomic mass is 10.1. The average Bonchev–Trinajstić information content (AvgIpc) is 2.70. The summed E-state index contributed by atoms with van der Waals surface area (Å²) >= 11 is 6.14. The van der Waals surface area contributed by atoms with Crippen LogP contribution in [0.4, 0.5) is 5.69 Å². The number of hydrogen-bond acceptors (Lipinski definition) is 3. The highest BCUT2D eigenvalue weighted by Crippen LogP contribution is 2.18. The van der Waals surface area contributed by atoms with Crippen LogP contribution in [-0.2, 0) is 11.2 Å². The Balaban J connectivity index is 1.46.